The molecule has 3 rings (SSSR count). The molecule has 122 valence electrons. The minimum atomic E-state index is -0.917. The SMILES string of the molecule is CCCCCc1ccc(-c2ccc3cc(C(=O)O)ccc3n2)cc1. The van der Waals surface area contributed by atoms with E-state index in [-0.39, 0.29) is 5.56 Å². The summed E-state index contributed by atoms with van der Waals surface area (Å²) in [6.07, 6.45) is 4.86. The summed E-state index contributed by atoms with van der Waals surface area (Å²) in [7, 11) is 0. The molecule has 0 aliphatic carbocycles. The van der Waals surface area contributed by atoms with Gasteiger partial charge in [-0.25, -0.2) is 9.78 Å². The monoisotopic (exact) mass is 319 g/mol. The zero-order valence-electron chi connectivity index (χ0n) is 13.8. The van der Waals surface area contributed by atoms with Crippen LogP contribution < -0.4 is 0 Å². The summed E-state index contributed by atoms with van der Waals surface area (Å²) in [4.78, 5) is 15.7. The van der Waals surface area contributed by atoms with Gasteiger partial charge in [0.25, 0.3) is 0 Å². The van der Waals surface area contributed by atoms with Crippen LogP contribution in [0.25, 0.3) is 22.2 Å². The number of aromatic nitrogens is 1. The summed E-state index contributed by atoms with van der Waals surface area (Å²) in [6.45, 7) is 2.22. The Labute approximate surface area is 142 Å². The molecule has 3 nitrogen and oxygen atoms in total. The van der Waals surface area contributed by atoms with Crippen LogP contribution in [-0.2, 0) is 6.42 Å². The van der Waals surface area contributed by atoms with Gasteiger partial charge in [0.1, 0.15) is 0 Å². The van der Waals surface area contributed by atoms with E-state index in [4.69, 9.17) is 5.11 Å². The van der Waals surface area contributed by atoms with Crippen LogP contribution >= 0.6 is 0 Å². The largest absolute Gasteiger partial charge is 0.478 e. The Morgan fingerprint density at radius 1 is 1.00 bits per heavy atom. The van der Waals surface area contributed by atoms with Gasteiger partial charge in [0, 0.05) is 10.9 Å². The molecule has 0 bridgehead atoms. The molecule has 0 radical (unpaired) electrons. The molecule has 0 aliphatic rings. The number of hydrogen-bond acceptors (Lipinski definition) is 2. The van der Waals surface area contributed by atoms with Gasteiger partial charge < -0.3 is 5.11 Å². The van der Waals surface area contributed by atoms with E-state index in [0.29, 0.717) is 0 Å². The van der Waals surface area contributed by atoms with E-state index in [1.165, 1.54) is 24.8 Å². The zero-order valence-corrected chi connectivity index (χ0v) is 13.8. The maximum absolute atomic E-state index is 11.0. The highest BCUT2D eigenvalue weighted by molar-refractivity contribution is 5.93. The molecule has 0 saturated heterocycles. The van der Waals surface area contributed by atoms with Crippen LogP contribution in [0.5, 0.6) is 0 Å². The van der Waals surface area contributed by atoms with Gasteiger partial charge >= 0.3 is 5.97 Å². The lowest BCUT2D eigenvalue weighted by atomic mass is 10.0. The van der Waals surface area contributed by atoms with Crippen LogP contribution in [0.2, 0.25) is 0 Å². The highest BCUT2D eigenvalue weighted by Crippen LogP contribution is 2.22. The maximum atomic E-state index is 11.0. The second-order valence-electron chi connectivity index (χ2n) is 6.06. The number of aryl methyl sites for hydroxylation is 1. The Morgan fingerprint density at radius 3 is 2.50 bits per heavy atom. The number of aromatic carboxylic acids is 1. The standard InChI is InChI=1S/C21H21NO2/c1-2-3-4-5-15-6-8-16(9-7-15)19-12-10-17-14-18(21(23)24)11-13-20(17)22-19/h6-14H,2-5H2,1H3,(H,23,24). The van der Waals surface area contributed by atoms with Gasteiger partial charge in [0.15, 0.2) is 0 Å². The quantitative estimate of drug-likeness (QED) is 0.624. The van der Waals surface area contributed by atoms with Crippen molar-refractivity contribution < 1.29 is 9.90 Å². The van der Waals surface area contributed by atoms with E-state index in [1.54, 1.807) is 18.2 Å². The number of benzene rings is 2. The zero-order chi connectivity index (χ0) is 16.9. The first-order valence-electron chi connectivity index (χ1n) is 8.41. The van der Waals surface area contributed by atoms with Crippen LogP contribution in [0, 0.1) is 0 Å². The number of carbonyl (C=O) groups is 1. The van der Waals surface area contributed by atoms with E-state index in [2.05, 4.69) is 36.2 Å². The predicted octanol–water partition coefficient (Wildman–Crippen LogP) is 5.33. The fourth-order valence-electron chi connectivity index (χ4n) is 2.84. The number of carboxylic acid groups (broad SMARTS) is 1. The molecular weight excluding hydrogens is 298 g/mol. The first-order valence-corrected chi connectivity index (χ1v) is 8.41. The lowest BCUT2D eigenvalue weighted by molar-refractivity contribution is 0.0697. The second kappa shape index (κ2) is 7.26. The van der Waals surface area contributed by atoms with Crippen LogP contribution in [0.4, 0.5) is 0 Å². The average Bonchev–Trinajstić information content (AvgIpc) is 2.61. The minimum absolute atomic E-state index is 0.286. The highest BCUT2D eigenvalue weighted by Gasteiger charge is 2.06. The molecule has 1 heterocycles. The van der Waals surface area contributed by atoms with Gasteiger partial charge in [-0.05, 0) is 42.7 Å². The molecule has 2 aromatic carbocycles. The summed E-state index contributed by atoms with van der Waals surface area (Å²) in [6, 6.07) is 17.5. The number of unbranched alkanes of at least 4 members (excludes halogenated alkanes) is 2. The normalized spacial score (nSPS) is 10.9. The summed E-state index contributed by atoms with van der Waals surface area (Å²) >= 11 is 0. The maximum Gasteiger partial charge on any atom is 0.335 e. The van der Waals surface area contributed by atoms with Crippen molar-refractivity contribution in [3.63, 3.8) is 0 Å². The molecule has 0 aliphatic heterocycles. The molecule has 24 heavy (non-hydrogen) atoms. The van der Waals surface area contributed by atoms with Crippen molar-refractivity contribution >= 4 is 16.9 Å². The van der Waals surface area contributed by atoms with Gasteiger partial charge in [-0.1, -0.05) is 50.1 Å². The number of nitrogens with zero attached hydrogens (tertiary/aromatic N) is 1. The van der Waals surface area contributed by atoms with Crippen molar-refractivity contribution in [2.24, 2.45) is 0 Å². The Balaban J connectivity index is 1.83. The molecule has 3 aromatic rings. The average molecular weight is 319 g/mol. The van der Waals surface area contributed by atoms with Gasteiger partial charge in [0.05, 0.1) is 16.8 Å². The molecule has 0 unspecified atom stereocenters. The summed E-state index contributed by atoms with van der Waals surface area (Å²) in [5.41, 5.74) is 4.45. The molecular formula is C21H21NO2. The number of rotatable bonds is 6. The first-order chi connectivity index (χ1) is 11.7. The fraction of sp³-hybridized carbons (Fsp3) is 0.238. The smallest absolute Gasteiger partial charge is 0.335 e. The van der Waals surface area contributed by atoms with Crippen molar-refractivity contribution in [3.05, 3.63) is 65.7 Å². The van der Waals surface area contributed by atoms with E-state index in [9.17, 15) is 4.79 Å². The Bertz CT molecular complexity index is 853. The molecule has 0 saturated carbocycles. The van der Waals surface area contributed by atoms with Crippen molar-refractivity contribution in [1.29, 1.82) is 0 Å². The Hall–Kier alpha value is -2.68. The third-order valence-corrected chi connectivity index (χ3v) is 4.25. The molecule has 3 heteroatoms. The van der Waals surface area contributed by atoms with E-state index in [1.807, 2.05) is 12.1 Å². The summed E-state index contributed by atoms with van der Waals surface area (Å²) < 4.78 is 0. The van der Waals surface area contributed by atoms with Crippen LogP contribution in [0.3, 0.4) is 0 Å². The molecule has 1 N–H and O–H groups in total. The third kappa shape index (κ3) is 3.62. The van der Waals surface area contributed by atoms with Crippen molar-refractivity contribution in [2.75, 3.05) is 0 Å². The number of carboxylic acids is 1. The highest BCUT2D eigenvalue weighted by atomic mass is 16.4. The first kappa shape index (κ1) is 16.2. The van der Waals surface area contributed by atoms with Gasteiger partial charge in [-0.3, -0.25) is 0 Å². The Kier molecular flexibility index (Phi) is 4.90. The topological polar surface area (TPSA) is 50.2 Å². The molecule has 0 atom stereocenters. The van der Waals surface area contributed by atoms with Crippen LogP contribution in [0.15, 0.2) is 54.6 Å². The summed E-state index contributed by atoms with van der Waals surface area (Å²) in [5, 5.41) is 9.90. The van der Waals surface area contributed by atoms with E-state index in [0.717, 1.165) is 28.6 Å². The minimum Gasteiger partial charge on any atom is -0.478 e. The molecule has 0 spiro atoms. The van der Waals surface area contributed by atoms with E-state index >= 15 is 0 Å². The van der Waals surface area contributed by atoms with Crippen molar-refractivity contribution in [3.8, 4) is 11.3 Å². The third-order valence-electron chi connectivity index (χ3n) is 4.25. The predicted molar refractivity (Wildman–Crippen MR) is 97.4 cm³/mol. The van der Waals surface area contributed by atoms with Crippen molar-refractivity contribution in [2.45, 2.75) is 32.6 Å². The lowest BCUT2D eigenvalue weighted by Gasteiger charge is -2.06. The van der Waals surface area contributed by atoms with Crippen molar-refractivity contribution in [1.82, 2.24) is 4.98 Å². The fourth-order valence-corrected chi connectivity index (χ4v) is 2.84. The van der Waals surface area contributed by atoms with Crippen LogP contribution in [-0.4, -0.2) is 16.1 Å². The number of pyridine rings is 1. The number of fused-ring (bicyclic) bond motifs is 1. The van der Waals surface area contributed by atoms with Gasteiger partial charge in [-0.15, -0.1) is 0 Å². The summed E-state index contributed by atoms with van der Waals surface area (Å²) in [5.74, 6) is -0.917. The van der Waals surface area contributed by atoms with E-state index < -0.39 is 5.97 Å². The second-order valence-corrected chi connectivity index (χ2v) is 6.06. The molecule has 1 aromatic heterocycles. The molecule has 0 amide bonds. The molecule has 0 fully saturated rings. The van der Waals surface area contributed by atoms with Gasteiger partial charge in [0.2, 0.25) is 0 Å². The Morgan fingerprint density at radius 2 is 1.79 bits per heavy atom. The number of hydrogen-bond donors (Lipinski definition) is 1. The lowest BCUT2D eigenvalue weighted by Crippen LogP contribution is -1.96. The van der Waals surface area contributed by atoms with Crippen LogP contribution in [0.1, 0.15) is 42.1 Å². The van der Waals surface area contributed by atoms with Gasteiger partial charge in [-0.2, -0.15) is 0 Å².